The van der Waals surface area contributed by atoms with E-state index in [1.807, 2.05) is 7.05 Å². The lowest BCUT2D eigenvalue weighted by atomic mass is 9.97. The van der Waals surface area contributed by atoms with Gasteiger partial charge >= 0.3 is 0 Å². The molecule has 2 aliphatic rings. The maximum absolute atomic E-state index is 4.48. The average molecular weight is 528 g/mol. The van der Waals surface area contributed by atoms with Crippen LogP contribution in [0.5, 0.6) is 0 Å². The fraction of sp³-hybridized carbons (Fsp3) is 0.708. The lowest BCUT2D eigenvalue weighted by molar-refractivity contribution is 0.134. The molecule has 30 heavy (non-hydrogen) atoms. The van der Waals surface area contributed by atoms with Gasteiger partial charge in [-0.15, -0.1) is 24.0 Å². The van der Waals surface area contributed by atoms with Crippen molar-refractivity contribution in [3.63, 3.8) is 0 Å². The van der Waals surface area contributed by atoms with E-state index in [0.29, 0.717) is 18.0 Å². The van der Waals surface area contributed by atoms with Crippen molar-refractivity contribution in [1.29, 1.82) is 0 Å². The Balaban J connectivity index is 0.00000320. The quantitative estimate of drug-likeness (QED) is 0.320. The summed E-state index contributed by atoms with van der Waals surface area (Å²) in [6.07, 6.45) is 6.47. The van der Waals surface area contributed by atoms with Crippen LogP contribution in [-0.2, 0) is 6.54 Å². The minimum absolute atomic E-state index is 0. The van der Waals surface area contributed by atoms with Crippen LogP contribution in [-0.4, -0.2) is 67.6 Å². The summed E-state index contributed by atoms with van der Waals surface area (Å²) in [5.41, 5.74) is 1.41. The monoisotopic (exact) mass is 527 g/mol. The third-order valence-corrected chi connectivity index (χ3v) is 6.44. The first-order chi connectivity index (χ1) is 14.1. The predicted molar refractivity (Wildman–Crippen MR) is 139 cm³/mol. The second kappa shape index (κ2) is 13.5. The molecule has 6 heteroatoms. The highest BCUT2D eigenvalue weighted by Crippen LogP contribution is 2.20. The number of guanidine groups is 1. The van der Waals surface area contributed by atoms with E-state index < -0.39 is 0 Å². The summed E-state index contributed by atoms with van der Waals surface area (Å²) in [5, 5.41) is 7.25. The molecule has 0 amide bonds. The molecule has 0 spiro atoms. The Morgan fingerprint density at radius 2 is 1.87 bits per heavy atom. The van der Waals surface area contributed by atoms with Crippen LogP contribution in [0.1, 0.15) is 51.5 Å². The summed E-state index contributed by atoms with van der Waals surface area (Å²) < 4.78 is 0. The Morgan fingerprint density at radius 3 is 2.53 bits per heavy atom. The first-order valence-electron chi connectivity index (χ1n) is 11.6. The molecule has 2 aliphatic heterocycles. The number of piperidine rings is 2. The van der Waals surface area contributed by atoms with Gasteiger partial charge in [-0.05, 0) is 57.2 Å². The van der Waals surface area contributed by atoms with Crippen LogP contribution in [0, 0.1) is 5.92 Å². The lowest BCUT2D eigenvalue weighted by Gasteiger charge is -2.38. The summed E-state index contributed by atoms with van der Waals surface area (Å²) >= 11 is 0. The minimum atomic E-state index is 0. The van der Waals surface area contributed by atoms with Crippen molar-refractivity contribution < 1.29 is 0 Å². The van der Waals surface area contributed by atoms with E-state index in [1.165, 1.54) is 50.9 Å². The molecule has 3 rings (SSSR count). The predicted octanol–water partition coefficient (Wildman–Crippen LogP) is 3.94. The van der Waals surface area contributed by atoms with Crippen molar-refractivity contribution in [2.75, 3.05) is 39.8 Å². The molecule has 2 saturated heterocycles. The molecule has 0 aliphatic carbocycles. The summed E-state index contributed by atoms with van der Waals surface area (Å²) in [6, 6.07) is 11.9. The molecule has 2 N–H and O–H groups in total. The zero-order valence-electron chi connectivity index (χ0n) is 19.1. The van der Waals surface area contributed by atoms with Gasteiger partial charge in [0.1, 0.15) is 0 Å². The molecule has 0 aromatic heterocycles. The Morgan fingerprint density at radius 1 is 1.13 bits per heavy atom. The van der Waals surface area contributed by atoms with Gasteiger partial charge in [0.15, 0.2) is 5.96 Å². The van der Waals surface area contributed by atoms with Crippen LogP contribution in [0.2, 0.25) is 0 Å². The zero-order valence-corrected chi connectivity index (χ0v) is 21.5. The molecular weight excluding hydrogens is 485 g/mol. The Labute approximate surface area is 201 Å². The van der Waals surface area contributed by atoms with Crippen LogP contribution >= 0.6 is 24.0 Å². The topological polar surface area (TPSA) is 42.9 Å². The van der Waals surface area contributed by atoms with Crippen LogP contribution in [0.4, 0.5) is 0 Å². The summed E-state index contributed by atoms with van der Waals surface area (Å²) in [4.78, 5) is 9.70. The SMILES string of the molecule is CN=C(NCC(C)CN1CCCCC1)NC1CCN(Cc2ccccc2)C(C)C1.I. The molecule has 0 bridgehead atoms. The van der Waals surface area contributed by atoms with E-state index >= 15 is 0 Å². The van der Waals surface area contributed by atoms with Crippen molar-refractivity contribution in [2.24, 2.45) is 10.9 Å². The van der Waals surface area contributed by atoms with Gasteiger partial charge in [-0.3, -0.25) is 9.89 Å². The fourth-order valence-electron chi connectivity index (χ4n) is 4.71. The van der Waals surface area contributed by atoms with E-state index in [2.05, 4.69) is 69.6 Å². The second-order valence-corrected chi connectivity index (χ2v) is 9.09. The first kappa shape index (κ1) is 25.4. The van der Waals surface area contributed by atoms with Gasteiger partial charge in [-0.2, -0.15) is 0 Å². The van der Waals surface area contributed by atoms with Gasteiger partial charge in [-0.1, -0.05) is 43.7 Å². The minimum Gasteiger partial charge on any atom is -0.356 e. The standard InChI is InChI=1S/C24H41N5.HI/c1-20(18-28-13-8-5-9-14-28)17-26-24(25-3)27-23-12-15-29(21(2)16-23)19-22-10-6-4-7-11-22;/h4,6-7,10-11,20-21,23H,5,8-9,12-19H2,1-3H3,(H2,25,26,27);1H. The Kier molecular flexibility index (Phi) is 11.5. The van der Waals surface area contributed by atoms with Gasteiger partial charge in [0.05, 0.1) is 0 Å². The molecule has 3 unspecified atom stereocenters. The van der Waals surface area contributed by atoms with Crippen molar-refractivity contribution in [2.45, 2.75) is 64.6 Å². The van der Waals surface area contributed by atoms with Gasteiger partial charge in [0, 0.05) is 45.3 Å². The average Bonchev–Trinajstić information content (AvgIpc) is 2.74. The van der Waals surface area contributed by atoms with Crippen molar-refractivity contribution in [1.82, 2.24) is 20.4 Å². The lowest BCUT2D eigenvalue weighted by Crippen LogP contribution is -2.52. The molecule has 1 aromatic rings. The fourth-order valence-corrected chi connectivity index (χ4v) is 4.71. The van der Waals surface area contributed by atoms with Crippen molar-refractivity contribution in [3.8, 4) is 0 Å². The van der Waals surface area contributed by atoms with Gasteiger partial charge in [0.2, 0.25) is 0 Å². The number of hydrogen-bond donors (Lipinski definition) is 2. The number of benzene rings is 1. The van der Waals surface area contributed by atoms with E-state index in [1.54, 1.807) is 0 Å². The summed E-state index contributed by atoms with van der Waals surface area (Å²) in [6.45, 7) is 11.6. The molecule has 2 fully saturated rings. The number of likely N-dealkylation sites (tertiary alicyclic amines) is 2. The zero-order chi connectivity index (χ0) is 20.5. The molecule has 0 radical (unpaired) electrons. The van der Waals surface area contributed by atoms with Gasteiger partial charge < -0.3 is 15.5 Å². The smallest absolute Gasteiger partial charge is 0.191 e. The normalized spacial score (nSPS) is 24.7. The molecule has 3 atom stereocenters. The van der Waals surface area contributed by atoms with E-state index in [0.717, 1.165) is 32.0 Å². The number of rotatable bonds is 7. The molecule has 1 aromatic carbocycles. The highest BCUT2D eigenvalue weighted by atomic mass is 127. The largest absolute Gasteiger partial charge is 0.356 e. The van der Waals surface area contributed by atoms with Crippen molar-refractivity contribution in [3.05, 3.63) is 35.9 Å². The van der Waals surface area contributed by atoms with Crippen molar-refractivity contribution >= 4 is 29.9 Å². The summed E-state index contributed by atoms with van der Waals surface area (Å²) in [7, 11) is 1.89. The van der Waals surface area contributed by atoms with Crippen LogP contribution < -0.4 is 10.6 Å². The molecule has 0 saturated carbocycles. The third-order valence-electron chi connectivity index (χ3n) is 6.44. The Bertz CT molecular complexity index is 617. The highest BCUT2D eigenvalue weighted by molar-refractivity contribution is 14.0. The maximum Gasteiger partial charge on any atom is 0.191 e. The van der Waals surface area contributed by atoms with Crippen LogP contribution in [0.15, 0.2) is 35.3 Å². The van der Waals surface area contributed by atoms with E-state index in [-0.39, 0.29) is 24.0 Å². The maximum atomic E-state index is 4.48. The summed E-state index contributed by atoms with van der Waals surface area (Å²) in [5.74, 6) is 1.60. The Hall–Kier alpha value is -0.860. The number of hydrogen-bond acceptors (Lipinski definition) is 3. The number of nitrogens with zero attached hydrogens (tertiary/aromatic N) is 3. The van der Waals surface area contributed by atoms with E-state index in [9.17, 15) is 0 Å². The molecular formula is C24H42IN5. The number of halogens is 1. The molecule has 170 valence electrons. The molecule has 2 heterocycles. The van der Waals surface area contributed by atoms with E-state index in [4.69, 9.17) is 0 Å². The molecule has 5 nitrogen and oxygen atoms in total. The van der Waals surface area contributed by atoms with Gasteiger partial charge in [0.25, 0.3) is 0 Å². The van der Waals surface area contributed by atoms with Crippen LogP contribution in [0.25, 0.3) is 0 Å². The third kappa shape index (κ3) is 8.35. The first-order valence-corrected chi connectivity index (χ1v) is 11.6. The number of aliphatic imine (C=N–C) groups is 1. The van der Waals surface area contributed by atoms with Gasteiger partial charge in [-0.25, -0.2) is 0 Å². The second-order valence-electron chi connectivity index (χ2n) is 9.09. The van der Waals surface area contributed by atoms with Crippen LogP contribution in [0.3, 0.4) is 0 Å². The number of nitrogens with one attached hydrogen (secondary N) is 2. The highest BCUT2D eigenvalue weighted by Gasteiger charge is 2.26.